The minimum Gasteiger partial charge on any atom is -0.496 e. The topological polar surface area (TPSA) is 66.5 Å². The molecule has 0 unspecified atom stereocenters. The fraction of sp³-hybridized carbons (Fsp3) is 0.217. The van der Waals surface area contributed by atoms with Crippen molar-refractivity contribution in [3.8, 4) is 5.75 Å². The zero-order valence-corrected chi connectivity index (χ0v) is 17.0. The highest BCUT2D eigenvalue weighted by Crippen LogP contribution is 2.20. The number of nitrogens with zero attached hydrogens (tertiary/aromatic N) is 2. The van der Waals surface area contributed by atoms with Crippen LogP contribution in [0.1, 0.15) is 15.9 Å². The van der Waals surface area contributed by atoms with Crippen molar-refractivity contribution in [2.45, 2.75) is 6.42 Å². The quantitative estimate of drug-likeness (QED) is 0.611. The van der Waals surface area contributed by atoms with Gasteiger partial charge in [0, 0.05) is 38.2 Å². The Morgan fingerprint density at radius 3 is 2.52 bits per heavy atom. The maximum Gasteiger partial charge on any atom is 0.252 e. The standard InChI is InChI=1S/C23H26N4O2/c1-27(2)21-10-8-19(9-11-21)26-20-14-18(15-24-16-20)23(28)25-13-12-17-6-4-5-7-22(17)29-3/h4-11,14-16,26H,12-13H2,1-3H3,(H,25,28). The minimum absolute atomic E-state index is 0.154. The summed E-state index contributed by atoms with van der Waals surface area (Å²) in [4.78, 5) is 18.7. The molecule has 0 aliphatic heterocycles. The summed E-state index contributed by atoms with van der Waals surface area (Å²) in [6.07, 6.45) is 3.96. The summed E-state index contributed by atoms with van der Waals surface area (Å²) in [5.74, 6) is 0.675. The zero-order valence-electron chi connectivity index (χ0n) is 17.0. The number of carbonyl (C=O) groups excluding carboxylic acids is 1. The van der Waals surface area contributed by atoms with E-state index in [1.165, 1.54) is 0 Å². The third kappa shape index (κ3) is 5.48. The minimum atomic E-state index is -0.154. The Balaban J connectivity index is 1.59. The van der Waals surface area contributed by atoms with E-state index < -0.39 is 0 Å². The molecule has 0 saturated carbocycles. The number of hydrogen-bond donors (Lipinski definition) is 2. The second-order valence-electron chi connectivity index (χ2n) is 6.85. The Labute approximate surface area is 171 Å². The second-order valence-corrected chi connectivity index (χ2v) is 6.85. The van der Waals surface area contributed by atoms with Gasteiger partial charge in [0.2, 0.25) is 0 Å². The van der Waals surface area contributed by atoms with Gasteiger partial charge >= 0.3 is 0 Å². The number of anilines is 3. The number of rotatable bonds is 8. The van der Waals surface area contributed by atoms with Crippen molar-refractivity contribution in [2.24, 2.45) is 0 Å². The van der Waals surface area contributed by atoms with Crippen LogP contribution in [0.25, 0.3) is 0 Å². The van der Waals surface area contributed by atoms with Crippen LogP contribution in [0.15, 0.2) is 67.0 Å². The molecule has 0 fully saturated rings. The highest BCUT2D eigenvalue weighted by atomic mass is 16.5. The number of aromatic nitrogens is 1. The van der Waals surface area contributed by atoms with Gasteiger partial charge in [0.15, 0.2) is 0 Å². The molecular formula is C23H26N4O2. The first-order chi connectivity index (χ1) is 14.1. The van der Waals surface area contributed by atoms with Gasteiger partial charge in [0.25, 0.3) is 5.91 Å². The molecule has 1 aromatic heterocycles. The molecule has 29 heavy (non-hydrogen) atoms. The van der Waals surface area contributed by atoms with Crippen molar-refractivity contribution in [2.75, 3.05) is 38.0 Å². The molecule has 2 N–H and O–H groups in total. The Morgan fingerprint density at radius 1 is 1.03 bits per heavy atom. The van der Waals surface area contributed by atoms with E-state index in [9.17, 15) is 4.79 Å². The average Bonchev–Trinajstić information content (AvgIpc) is 2.74. The van der Waals surface area contributed by atoms with E-state index in [4.69, 9.17) is 4.74 Å². The molecule has 0 spiro atoms. The molecule has 150 valence electrons. The number of pyridine rings is 1. The van der Waals surface area contributed by atoms with Crippen molar-refractivity contribution in [3.05, 3.63) is 78.1 Å². The summed E-state index contributed by atoms with van der Waals surface area (Å²) < 4.78 is 5.35. The highest BCUT2D eigenvalue weighted by molar-refractivity contribution is 5.94. The van der Waals surface area contributed by atoms with Crippen molar-refractivity contribution >= 4 is 23.0 Å². The maximum atomic E-state index is 12.5. The lowest BCUT2D eigenvalue weighted by atomic mass is 10.1. The number of methoxy groups -OCH3 is 1. The molecule has 0 saturated heterocycles. The Bertz CT molecular complexity index is 955. The average molecular weight is 390 g/mol. The molecule has 0 aliphatic rings. The molecule has 1 heterocycles. The number of nitrogens with one attached hydrogen (secondary N) is 2. The SMILES string of the molecule is COc1ccccc1CCNC(=O)c1cncc(Nc2ccc(N(C)C)cc2)c1. The van der Waals surface area contributed by atoms with E-state index in [0.717, 1.165) is 28.4 Å². The third-order valence-electron chi connectivity index (χ3n) is 4.55. The summed E-state index contributed by atoms with van der Waals surface area (Å²) in [5, 5.41) is 6.23. The van der Waals surface area contributed by atoms with Gasteiger partial charge in [0.05, 0.1) is 24.6 Å². The van der Waals surface area contributed by atoms with Crippen molar-refractivity contribution < 1.29 is 9.53 Å². The van der Waals surface area contributed by atoms with Gasteiger partial charge in [-0.2, -0.15) is 0 Å². The predicted molar refractivity (Wildman–Crippen MR) is 117 cm³/mol. The lowest BCUT2D eigenvalue weighted by Gasteiger charge is -2.13. The predicted octanol–water partition coefficient (Wildman–Crippen LogP) is 3.87. The van der Waals surface area contributed by atoms with Gasteiger partial charge in [-0.1, -0.05) is 18.2 Å². The number of hydrogen-bond acceptors (Lipinski definition) is 5. The summed E-state index contributed by atoms with van der Waals surface area (Å²) >= 11 is 0. The van der Waals surface area contributed by atoms with E-state index >= 15 is 0 Å². The highest BCUT2D eigenvalue weighted by Gasteiger charge is 2.08. The number of para-hydroxylation sites is 1. The molecule has 6 nitrogen and oxygen atoms in total. The fourth-order valence-corrected chi connectivity index (χ4v) is 2.96. The van der Waals surface area contributed by atoms with Gasteiger partial charge in [0.1, 0.15) is 5.75 Å². The Hall–Kier alpha value is -3.54. The van der Waals surface area contributed by atoms with Crippen LogP contribution >= 0.6 is 0 Å². The molecular weight excluding hydrogens is 364 g/mol. The normalized spacial score (nSPS) is 10.3. The van der Waals surface area contributed by atoms with E-state index in [-0.39, 0.29) is 5.91 Å². The van der Waals surface area contributed by atoms with Crippen LogP contribution in [0.3, 0.4) is 0 Å². The monoisotopic (exact) mass is 390 g/mol. The van der Waals surface area contributed by atoms with Gasteiger partial charge in [-0.05, 0) is 48.4 Å². The molecule has 3 rings (SSSR count). The number of carbonyl (C=O) groups is 1. The molecule has 0 aliphatic carbocycles. The Kier molecular flexibility index (Phi) is 6.68. The summed E-state index contributed by atoms with van der Waals surface area (Å²) in [5.41, 5.74) is 4.40. The van der Waals surface area contributed by atoms with Crippen LogP contribution < -0.4 is 20.3 Å². The van der Waals surface area contributed by atoms with Gasteiger partial charge in [-0.25, -0.2) is 0 Å². The number of benzene rings is 2. The van der Waals surface area contributed by atoms with Crippen LogP contribution in [-0.4, -0.2) is 38.6 Å². The Morgan fingerprint density at radius 2 is 1.79 bits per heavy atom. The molecule has 6 heteroatoms. The summed E-state index contributed by atoms with van der Waals surface area (Å²) in [6, 6.07) is 17.7. The zero-order chi connectivity index (χ0) is 20.6. The van der Waals surface area contributed by atoms with Crippen LogP contribution in [0.5, 0.6) is 5.75 Å². The van der Waals surface area contributed by atoms with Crippen LogP contribution in [0, 0.1) is 0 Å². The second kappa shape index (κ2) is 9.59. The maximum absolute atomic E-state index is 12.5. The lowest BCUT2D eigenvalue weighted by molar-refractivity contribution is 0.0953. The molecule has 0 radical (unpaired) electrons. The molecule has 0 atom stereocenters. The largest absolute Gasteiger partial charge is 0.496 e. The van der Waals surface area contributed by atoms with Crippen molar-refractivity contribution in [1.82, 2.24) is 10.3 Å². The van der Waals surface area contributed by atoms with Crippen LogP contribution in [0.2, 0.25) is 0 Å². The van der Waals surface area contributed by atoms with Crippen LogP contribution in [-0.2, 0) is 6.42 Å². The molecule has 0 bridgehead atoms. The third-order valence-corrected chi connectivity index (χ3v) is 4.55. The molecule has 3 aromatic rings. The van der Waals surface area contributed by atoms with Gasteiger partial charge in [-0.15, -0.1) is 0 Å². The number of amides is 1. The smallest absolute Gasteiger partial charge is 0.252 e. The lowest BCUT2D eigenvalue weighted by Crippen LogP contribution is -2.26. The van der Waals surface area contributed by atoms with Gasteiger partial charge < -0.3 is 20.3 Å². The van der Waals surface area contributed by atoms with E-state index in [2.05, 4.69) is 15.6 Å². The van der Waals surface area contributed by atoms with E-state index in [1.807, 2.05) is 67.5 Å². The first-order valence-electron chi connectivity index (χ1n) is 9.46. The van der Waals surface area contributed by atoms with E-state index in [1.54, 1.807) is 25.6 Å². The molecule has 2 aromatic carbocycles. The first kappa shape index (κ1) is 20.2. The first-order valence-corrected chi connectivity index (χ1v) is 9.46. The van der Waals surface area contributed by atoms with Crippen molar-refractivity contribution in [1.29, 1.82) is 0 Å². The number of ether oxygens (including phenoxy) is 1. The summed E-state index contributed by atoms with van der Waals surface area (Å²) in [7, 11) is 5.65. The van der Waals surface area contributed by atoms with Crippen LogP contribution in [0.4, 0.5) is 17.1 Å². The van der Waals surface area contributed by atoms with E-state index in [0.29, 0.717) is 18.5 Å². The molecule has 1 amide bonds. The summed E-state index contributed by atoms with van der Waals surface area (Å²) in [6.45, 7) is 0.517. The van der Waals surface area contributed by atoms with Gasteiger partial charge in [-0.3, -0.25) is 9.78 Å². The fourth-order valence-electron chi connectivity index (χ4n) is 2.96. The van der Waals surface area contributed by atoms with Crippen molar-refractivity contribution in [3.63, 3.8) is 0 Å².